The van der Waals surface area contributed by atoms with Crippen LogP contribution in [0.25, 0.3) is 134 Å². The number of benzene rings is 4. The number of hydrogen-bond acceptors (Lipinski definition) is 21. The Morgan fingerprint density at radius 3 is 0.972 bits per heavy atom. The highest BCUT2D eigenvalue weighted by atomic mass is 19.3. The first kappa shape index (κ1) is 94.2. The number of rotatable bonds is 22. The molecule has 7 atom stereocenters. The van der Waals surface area contributed by atoms with Crippen LogP contribution in [0.2, 0.25) is 0 Å². The Hall–Kier alpha value is -13.7. The number of amides is 4. The van der Waals surface area contributed by atoms with E-state index in [1.165, 1.54) is 51.4 Å². The first-order valence-corrected chi connectivity index (χ1v) is 50.3. The molecule has 25 rings (SSSR count). The average molecular weight is 1940 g/mol. The van der Waals surface area contributed by atoms with Crippen LogP contribution in [-0.2, 0) is 59.1 Å². The molecule has 12 aromatic heterocycles. The van der Waals surface area contributed by atoms with Crippen molar-refractivity contribution in [2.45, 2.75) is 185 Å². The molecule has 4 aromatic carbocycles. The normalized spacial score (nSPS) is 20.6. The van der Waals surface area contributed by atoms with Crippen LogP contribution in [0.4, 0.5) is 8.78 Å². The van der Waals surface area contributed by atoms with Crippen molar-refractivity contribution in [2.75, 3.05) is 67.7 Å². The lowest BCUT2D eigenvalue weighted by molar-refractivity contribution is -0.175. The van der Waals surface area contributed by atoms with Gasteiger partial charge in [0.2, 0.25) is 0 Å². The molecule has 4 saturated heterocycles. The van der Waals surface area contributed by atoms with Gasteiger partial charge in [0.25, 0.3) is 23.6 Å². The second-order valence-corrected chi connectivity index (χ2v) is 41.3. The summed E-state index contributed by atoms with van der Waals surface area (Å²) in [6, 6.07) is 39.3. The molecule has 5 aliphatic carbocycles. The zero-order chi connectivity index (χ0) is 99.0. The van der Waals surface area contributed by atoms with Gasteiger partial charge in [0.1, 0.15) is 67.7 Å². The summed E-state index contributed by atoms with van der Waals surface area (Å²) in [7, 11) is 14.5. The Morgan fingerprint density at radius 1 is 0.392 bits per heavy atom. The number of carbonyl (C=O) groups excluding carboxylic acids is 4. The van der Waals surface area contributed by atoms with E-state index < -0.39 is 18.8 Å². The van der Waals surface area contributed by atoms with E-state index in [1.807, 2.05) is 127 Å². The van der Waals surface area contributed by atoms with Crippen LogP contribution in [-0.4, -0.2) is 236 Å². The fraction of sp³-hybridized carbons (Fsp3) is 0.444. The Bertz CT molecular complexity index is 7430. The molecule has 35 heteroatoms. The summed E-state index contributed by atoms with van der Waals surface area (Å²) in [5.41, 5.74) is 41.2. The number of piperidine rings is 3. The number of alkyl halides is 2. The number of halogens is 2. The smallest absolute Gasteiger partial charge is 0.345 e. The number of aromatic nitrogens is 16. The highest BCUT2D eigenvalue weighted by Gasteiger charge is 2.55. The third-order valence-electron chi connectivity index (χ3n) is 31.2. The van der Waals surface area contributed by atoms with Crippen molar-refractivity contribution in [3.63, 3.8) is 0 Å². The molecule has 33 nitrogen and oxygen atoms in total. The van der Waals surface area contributed by atoms with Crippen LogP contribution in [0.15, 0.2) is 146 Å². The molecular formula is C108H124F2N24O9. The number of likely N-dealkylation sites (tertiary alicyclic amines) is 4. The molecule has 143 heavy (non-hydrogen) atoms. The second-order valence-electron chi connectivity index (χ2n) is 41.3. The lowest BCUT2D eigenvalue weighted by Gasteiger charge is -2.59. The van der Waals surface area contributed by atoms with E-state index in [0.717, 1.165) is 207 Å². The van der Waals surface area contributed by atoms with Gasteiger partial charge in [-0.2, -0.15) is 8.78 Å². The zero-order valence-electron chi connectivity index (χ0n) is 82.6. The summed E-state index contributed by atoms with van der Waals surface area (Å²) in [5, 5.41) is 4.37. The van der Waals surface area contributed by atoms with E-state index in [0.29, 0.717) is 87.5 Å². The van der Waals surface area contributed by atoms with Crippen LogP contribution in [0.5, 0.6) is 23.0 Å². The number of hydrogen-bond donors (Lipinski definition) is 4. The highest BCUT2D eigenvalue weighted by molar-refractivity contribution is 6.05. The number of imidazole rings is 4. The minimum Gasteiger partial charge on any atom is -0.494 e. The third-order valence-corrected chi connectivity index (χ3v) is 31.2. The fourth-order valence-electron chi connectivity index (χ4n) is 22.3. The molecule has 9 fully saturated rings. The first-order chi connectivity index (χ1) is 69.2. The van der Waals surface area contributed by atoms with Gasteiger partial charge in [-0.05, 0) is 255 Å². The Labute approximate surface area is 825 Å². The molecule has 16 heterocycles. The van der Waals surface area contributed by atoms with Gasteiger partial charge >= 0.3 is 6.61 Å². The third kappa shape index (κ3) is 17.8. The van der Waals surface area contributed by atoms with E-state index in [2.05, 4.69) is 119 Å². The van der Waals surface area contributed by atoms with E-state index in [9.17, 15) is 28.0 Å². The van der Waals surface area contributed by atoms with Crippen molar-refractivity contribution in [3.05, 3.63) is 168 Å². The number of nitrogens with zero attached hydrogens (tertiary/aromatic N) is 20. The number of pyridine rings is 4. The standard InChI is InChI=1S/C27H30F2N6O3.C27H30N6O2.2C27H32N6O2/c1-33-23-19(32-25(33)20-11-16-4-3-8-31-24(16)35(20)13-15-5-6-15)10-17(12-22(23)37-2)26(36)34-9-7-21(18(30)14-34)38-27(28)29;1-31-23-19(10-18(12-21(23)35-2)26(34)32-14-27(15-32)8-7-22(27)28)30-25(31)20-11-17-4-3-9-29-24(17)33(20)13-16-5-6-16;2*1-16-6-9-20(28)15-32(16)27(34)19-11-21-24(23(13-19)35-3)31(2)26(30-21)22-12-18-5-4-10-29-25(18)33(22)14-17-7-8-17/h3-4,8,10-12,15,18,21,27H,5-7,9,13-14,30H2,1-2H3;3-4,9-12,16,22H,5-8,13-15,28H2,1-2H3;2*4-5,10-13,16-17,20H,6-9,14-15,28H2,1-3H3/t18-,21+;;16-,20+;16-,20-/m0.01/s1. The number of ether oxygens (including phenoxy) is 5. The molecule has 4 aliphatic heterocycles. The highest BCUT2D eigenvalue weighted by Crippen LogP contribution is 2.50. The van der Waals surface area contributed by atoms with Gasteiger partial charge in [-0.25, -0.2) is 39.9 Å². The number of nitrogens with two attached hydrogens (primary N) is 4. The number of fused-ring (bicyclic) bond motifs is 8. The number of carbonyl (C=O) groups is 4. The van der Waals surface area contributed by atoms with E-state index >= 15 is 0 Å². The molecule has 744 valence electrons. The maximum atomic E-state index is 13.5. The molecule has 5 saturated carbocycles. The maximum Gasteiger partial charge on any atom is 0.345 e. The van der Waals surface area contributed by atoms with Gasteiger partial charge in [-0.1, -0.05) is 0 Å². The maximum absolute atomic E-state index is 13.5. The molecule has 9 aliphatic rings. The summed E-state index contributed by atoms with van der Waals surface area (Å²) in [5.74, 6) is 8.21. The minimum atomic E-state index is -2.89. The predicted octanol–water partition coefficient (Wildman–Crippen LogP) is 15.3. The zero-order valence-corrected chi connectivity index (χ0v) is 82.6. The van der Waals surface area contributed by atoms with Crippen LogP contribution in [0.1, 0.15) is 152 Å². The van der Waals surface area contributed by atoms with Gasteiger partial charge in [-0.15, -0.1) is 0 Å². The molecule has 8 N–H and O–H groups in total. The van der Waals surface area contributed by atoms with Crippen molar-refractivity contribution < 1.29 is 51.6 Å². The summed E-state index contributed by atoms with van der Waals surface area (Å²) < 4.78 is 70.3. The number of aryl methyl sites for hydroxylation is 4. The summed E-state index contributed by atoms with van der Waals surface area (Å²) in [6.45, 7) is 8.01. The second kappa shape index (κ2) is 37.9. The van der Waals surface area contributed by atoms with Crippen LogP contribution in [0, 0.1) is 29.1 Å². The summed E-state index contributed by atoms with van der Waals surface area (Å²) >= 11 is 0. The van der Waals surface area contributed by atoms with Gasteiger partial charge in [0.05, 0.1) is 79.4 Å². The number of methoxy groups -OCH3 is 4. The lowest BCUT2D eigenvalue weighted by Crippen LogP contribution is -2.70. The molecule has 0 radical (unpaired) electrons. The first-order valence-electron chi connectivity index (χ1n) is 50.3. The van der Waals surface area contributed by atoms with Crippen molar-refractivity contribution in [3.8, 4) is 69.1 Å². The molecular weight excluding hydrogens is 1820 g/mol. The molecule has 4 amide bonds. The summed E-state index contributed by atoms with van der Waals surface area (Å²) in [4.78, 5) is 99.7. The molecule has 1 spiro atoms. The van der Waals surface area contributed by atoms with Crippen LogP contribution >= 0.6 is 0 Å². The minimum absolute atomic E-state index is 0.0178. The van der Waals surface area contributed by atoms with Gasteiger partial charge in [0, 0.05) is 204 Å². The van der Waals surface area contributed by atoms with Crippen molar-refractivity contribution in [1.29, 1.82) is 0 Å². The Morgan fingerprint density at radius 2 is 0.699 bits per heavy atom. The van der Waals surface area contributed by atoms with Crippen molar-refractivity contribution in [2.24, 2.45) is 80.2 Å². The Kier molecular flexibility index (Phi) is 24.9. The van der Waals surface area contributed by atoms with E-state index in [-0.39, 0.29) is 78.8 Å². The van der Waals surface area contributed by atoms with Gasteiger partial charge in [0.15, 0.2) is 23.3 Å². The quantitative estimate of drug-likeness (QED) is 0.0489. The van der Waals surface area contributed by atoms with Crippen molar-refractivity contribution >= 4 is 112 Å². The van der Waals surface area contributed by atoms with E-state index in [1.54, 1.807) is 51.7 Å². The van der Waals surface area contributed by atoms with Gasteiger partial charge in [-0.3, -0.25) is 19.2 Å². The largest absolute Gasteiger partial charge is 0.494 e. The van der Waals surface area contributed by atoms with E-state index in [4.69, 9.17) is 61.8 Å². The van der Waals surface area contributed by atoms with Crippen LogP contribution in [0.3, 0.4) is 0 Å². The monoisotopic (exact) mass is 1940 g/mol. The topological polar surface area (TPSA) is 374 Å². The molecule has 16 aromatic rings. The molecule has 1 unspecified atom stereocenters. The Balaban J connectivity index is 0.000000109. The molecule has 0 bridgehead atoms. The SMILES string of the molecule is COc1cc(C(=O)N2CC3(CCC3N)C2)cc2nc(-c3cc4cccnc4n3CC3CC3)n(C)c12.COc1cc(C(=O)N2CC[C@@H](OC(F)F)[C@@H](N)C2)cc2nc(-c3cc4cccnc4n3CC3CC3)n(C)c12.COc1cc(C(=O)N2C[C@H](N)CC[C@@H]2C)cc2nc(-c3cc4cccnc4n3CC3CC3)n(C)c12.COc1cc(C(=O)N2C[C@H](N)CC[C@H]2C)cc2nc(-c3cc4cccnc4n3CC3CC3)n(C)c12. The predicted molar refractivity (Wildman–Crippen MR) is 545 cm³/mol. The van der Waals surface area contributed by atoms with Gasteiger partial charge < -0.3 is 103 Å². The lowest BCUT2D eigenvalue weighted by atomic mass is 9.60. The van der Waals surface area contributed by atoms with Crippen LogP contribution < -0.4 is 41.9 Å². The summed E-state index contributed by atoms with van der Waals surface area (Å²) in [6.07, 6.45) is 22.7. The van der Waals surface area contributed by atoms with Crippen molar-refractivity contribution in [1.82, 2.24) is 96.0 Å². The average Bonchev–Trinajstić information content (AvgIpc) is 1.56. The fourth-order valence-corrected chi connectivity index (χ4v) is 22.3.